The number of carboxylic acid groups (broad SMARTS) is 1. The van der Waals surface area contributed by atoms with E-state index in [4.69, 9.17) is 10.8 Å². The fraction of sp³-hybridized carbons (Fsp3) is 0.900. The molecule has 2 saturated carbocycles. The van der Waals surface area contributed by atoms with Gasteiger partial charge in [0.25, 0.3) is 0 Å². The van der Waals surface area contributed by atoms with Gasteiger partial charge in [-0.2, -0.15) is 0 Å². The van der Waals surface area contributed by atoms with Crippen molar-refractivity contribution in [3.05, 3.63) is 0 Å². The van der Waals surface area contributed by atoms with Gasteiger partial charge >= 0.3 is 5.97 Å². The summed E-state index contributed by atoms with van der Waals surface area (Å²) in [5, 5.41) is 9.14. The van der Waals surface area contributed by atoms with Crippen LogP contribution in [-0.4, -0.2) is 17.6 Å². The molecule has 3 nitrogen and oxygen atoms in total. The molecule has 0 amide bonds. The van der Waals surface area contributed by atoms with Crippen molar-refractivity contribution >= 4 is 5.97 Å². The zero-order valence-electron chi connectivity index (χ0n) is 7.83. The second kappa shape index (κ2) is 2.98. The summed E-state index contributed by atoms with van der Waals surface area (Å²) >= 11 is 0. The molecular formula is C10H17NO2. The van der Waals surface area contributed by atoms with Crippen LogP contribution in [0.3, 0.4) is 0 Å². The van der Waals surface area contributed by atoms with E-state index < -0.39 is 11.4 Å². The van der Waals surface area contributed by atoms with Crippen LogP contribution in [0.2, 0.25) is 0 Å². The molecule has 3 N–H and O–H groups in total. The molecule has 3 heteroatoms. The number of hydrogen-bond donors (Lipinski definition) is 2. The first-order valence-electron chi connectivity index (χ1n) is 5.14. The summed E-state index contributed by atoms with van der Waals surface area (Å²) in [4.78, 5) is 11.1. The first kappa shape index (κ1) is 9.00. The first-order valence-corrected chi connectivity index (χ1v) is 5.14. The quantitative estimate of drug-likeness (QED) is 0.676. The van der Waals surface area contributed by atoms with E-state index in [1.165, 1.54) is 19.3 Å². The van der Waals surface area contributed by atoms with Crippen LogP contribution in [-0.2, 0) is 4.79 Å². The Morgan fingerprint density at radius 3 is 2.69 bits per heavy atom. The summed E-state index contributed by atoms with van der Waals surface area (Å²) in [6, 6.07) is 0. The van der Waals surface area contributed by atoms with Crippen molar-refractivity contribution in [2.75, 3.05) is 6.54 Å². The van der Waals surface area contributed by atoms with Crippen LogP contribution >= 0.6 is 0 Å². The number of aliphatic carboxylic acids is 1. The molecule has 0 unspecified atom stereocenters. The van der Waals surface area contributed by atoms with Crippen LogP contribution in [0, 0.1) is 17.3 Å². The maximum Gasteiger partial charge on any atom is 0.311 e. The highest BCUT2D eigenvalue weighted by Crippen LogP contribution is 2.57. The number of nitrogens with two attached hydrogens (primary N) is 1. The van der Waals surface area contributed by atoms with Gasteiger partial charge in [0, 0.05) is 6.54 Å². The minimum absolute atomic E-state index is 0.323. The highest BCUT2D eigenvalue weighted by atomic mass is 16.4. The molecule has 2 aliphatic carbocycles. The average molecular weight is 183 g/mol. The predicted octanol–water partition coefficient (Wildman–Crippen LogP) is 1.23. The van der Waals surface area contributed by atoms with Crippen molar-refractivity contribution in [1.82, 2.24) is 0 Å². The van der Waals surface area contributed by atoms with Crippen LogP contribution in [0.1, 0.15) is 32.1 Å². The van der Waals surface area contributed by atoms with Crippen molar-refractivity contribution in [3.8, 4) is 0 Å². The molecule has 0 aliphatic heterocycles. The van der Waals surface area contributed by atoms with Gasteiger partial charge in [0.05, 0.1) is 5.41 Å². The Morgan fingerprint density at radius 2 is 2.15 bits per heavy atom. The SMILES string of the molecule is NC[C@]1(C(=O)O)C[C@H]2CCCC[C@H]21. The third-order valence-corrected chi connectivity index (χ3v) is 4.04. The molecule has 74 valence electrons. The van der Waals surface area contributed by atoms with E-state index in [1.807, 2.05) is 0 Å². The molecular weight excluding hydrogens is 166 g/mol. The van der Waals surface area contributed by atoms with Gasteiger partial charge in [-0.3, -0.25) is 4.79 Å². The molecule has 2 fully saturated rings. The van der Waals surface area contributed by atoms with E-state index in [9.17, 15) is 4.79 Å². The van der Waals surface area contributed by atoms with E-state index >= 15 is 0 Å². The molecule has 13 heavy (non-hydrogen) atoms. The molecule has 0 spiro atoms. The number of fused-ring (bicyclic) bond motifs is 1. The van der Waals surface area contributed by atoms with Crippen molar-refractivity contribution in [2.24, 2.45) is 23.0 Å². The van der Waals surface area contributed by atoms with Crippen molar-refractivity contribution < 1.29 is 9.90 Å². The minimum atomic E-state index is -0.668. The summed E-state index contributed by atoms with van der Waals surface area (Å²) in [6.07, 6.45) is 5.59. The third kappa shape index (κ3) is 1.10. The van der Waals surface area contributed by atoms with Gasteiger partial charge in [-0.05, 0) is 24.7 Å². The number of hydrogen-bond acceptors (Lipinski definition) is 2. The Morgan fingerprint density at radius 1 is 1.46 bits per heavy atom. The molecule has 0 bridgehead atoms. The fourth-order valence-electron chi connectivity index (χ4n) is 3.21. The second-order valence-corrected chi connectivity index (χ2v) is 4.52. The van der Waals surface area contributed by atoms with Crippen LogP contribution in [0.4, 0.5) is 0 Å². The van der Waals surface area contributed by atoms with E-state index in [1.54, 1.807) is 0 Å². The van der Waals surface area contributed by atoms with E-state index in [2.05, 4.69) is 0 Å². The highest BCUT2D eigenvalue weighted by Gasteiger charge is 2.57. The van der Waals surface area contributed by atoms with E-state index in [0.717, 1.165) is 12.8 Å². The topological polar surface area (TPSA) is 63.3 Å². The maximum absolute atomic E-state index is 11.1. The molecule has 0 aromatic heterocycles. The number of rotatable bonds is 2. The smallest absolute Gasteiger partial charge is 0.311 e. The van der Waals surface area contributed by atoms with Gasteiger partial charge in [0.2, 0.25) is 0 Å². The second-order valence-electron chi connectivity index (χ2n) is 4.52. The monoisotopic (exact) mass is 183 g/mol. The molecule has 0 aromatic rings. The highest BCUT2D eigenvalue weighted by molar-refractivity contribution is 5.77. The number of carbonyl (C=O) groups is 1. The van der Waals surface area contributed by atoms with Gasteiger partial charge in [0.1, 0.15) is 0 Å². The zero-order chi connectivity index (χ0) is 9.47. The van der Waals surface area contributed by atoms with Crippen molar-refractivity contribution in [1.29, 1.82) is 0 Å². The lowest BCUT2D eigenvalue weighted by molar-refractivity contribution is -0.170. The lowest BCUT2D eigenvalue weighted by Crippen LogP contribution is -2.58. The Kier molecular flexibility index (Phi) is 2.06. The molecule has 0 heterocycles. The summed E-state index contributed by atoms with van der Waals surface area (Å²) in [5.74, 6) is 0.371. The molecule has 0 radical (unpaired) electrons. The normalized spacial score (nSPS) is 43.5. The zero-order valence-corrected chi connectivity index (χ0v) is 7.83. The van der Waals surface area contributed by atoms with Crippen LogP contribution in [0.15, 0.2) is 0 Å². The Bertz CT molecular complexity index is 229. The maximum atomic E-state index is 11.1. The Balaban J connectivity index is 2.12. The summed E-state index contributed by atoms with van der Waals surface area (Å²) in [6.45, 7) is 0.323. The van der Waals surface area contributed by atoms with Crippen LogP contribution < -0.4 is 5.73 Å². The molecule has 2 rings (SSSR count). The van der Waals surface area contributed by atoms with Gasteiger partial charge in [-0.25, -0.2) is 0 Å². The molecule has 2 aliphatic rings. The summed E-state index contributed by atoms with van der Waals surface area (Å²) in [5.41, 5.74) is 5.05. The molecule has 3 atom stereocenters. The largest absolute Gasteiger partial charge is 0.481 e. The fourth-order valence-corrected chi connectivity index (χ4v) is 3.21. The lowest BCUT2D eigenvalue weighted by atomic mass is 9.49. The van der Waals surface area contributed by atoms with Crippen LogP contribution in [0.5, 0.6) is 0 Å². The van der Waals surface area contributed by atoms with Crippen molar-refractivity contribution in [2.45, 2.75) is 32.1 Å². The minimum Gasteiger partial charge on any atom is -0.481 e. The van der Waals surface area contributed by atoms with E-state index in [0.29, 0.717) is 18.4 Å². The number of carboxylic acids is 1. The Labute approximate surface area is 78.3 Å². The van der Waals surface area contributed by atoms with Crippen molar-refractivity contribution in [3.63, 3.8) is 0 Å². The first-order chi connectivity index (χ1) is 6.20. The summed E-state index contributed by atoms with van der Waals surface area (Å²) < 4.78 is 0. The third-order valence-electron chi connectivity index (χ3n) is 4.04. The van der Waals surface area contributed by atoms with Crippen LogP contribution in [0.25, 0.3) is 0 Å². The lowest BCUT2D eigenvalue weighted by Gasteiger charge is -2.54. The van der Waals surface area contributed by atoms with Gasteiger partial charge in [0.15, 0.2) is 0 Å². The Hall–Kier alpha value is -0.570. The van der Waals surface area contributed by atoms with E-state index in [-0.39, 0.29) is 0 Å². The molecule has 0 aromatic carbocycles. The molecule has 0 saturated heterocycles. The average Bonchev–Trinajstić information content (AvgIpc) is 2.07. The summed E-state index contributed by atoms with van der Waals surface area (Å²) in [7, 11) is 0. The van der Waals surface area contributed by atoms with Gasteiger partial charge in [-0.1, -0.05) is 19.3 Å². The standard InChI is InChI=1S/C10H17NO2/c11-6-10(9(12)13)5-7-3-1-2-4-8(7)10/h7-8H,1-6,11H2,(H,12,13)/t7-,8-,10-/m1/s1. The van der Waals surface area contributed by atoms with Gasteiger partial charge < -0.3 is 10.8 Å². The predicted molar refractivity (Wildman–Crippen MR) is 49.2 cm³/mol. The van der Waals surface area contributed by atoms with Gasteiger partial charge in [-0.15, -0.1) is 0 Å².